The molecular weight excluding hydrogens is 140 g/mol. The van der Waals surface area contributed by atoms with Gasteiger partial charge in [-0.1, -0.05) is 6.92 Å². The fourth-order valence-electron chi connectivity index (χ4n) is 1.82. The Balaban J connectivity index is 1.99. The lowest BCUT2D eigenvalue weighted by Crippen LogP contribution is -2.30. The predicted octanol–water partition coefficient (Wildman–Crippen LogP) is -0.0456. The third-order valence-corrected chi connectivity index (χ3v) is 2.66. The molecule has 1 amide bonds. The molecule has 1 saturated heterocycles. The largest absolute Gasteiger partial charge is 0.338 e. The van der Waals surface area contributed by atoms with Gasteiger partial charge in [-0.2, -0.15) is 0 Å². The summed E-state index contributed by atoms with van der Waals surface area (Å²) in [5.41, 5.74) is 5.66. The van der Waals surface area contributed by atoms with Gasteiger partial charge in [0.15, 0.2) is 0 Å². The molecule has 3 heteroatoms. The number of amides is 1. The molecule has 2 aliphatic rings. The first-order valence-electron chi connectivity index (χ1n) is 4.23. The maximum absolute atomic E-state index is 11.3. The summed E-state index contributed by atoms with van der Waals surface area (Å²) in [5, 5.41) is 0. The Hall–Kier alpha value is -0.570. The Kier molecular flexibility index (Phi) is 1.42. The molecule has 0 aromatic carbocycles. The Morgan fingerprint density at radius 3 is 2.64 bits per heavy atom. The van der Waals surface area contributed by atoms with Crippen molar-refractivity contribution in [3.8, 4) is 0 Å². The summed E-state index contributed by atoms with van der Waals surface area (Å²) in [6, 6.07) is 0.617. The normalized spacial score (nSPS) is 43.3. The van der Waals surface area contributed by atoms with Crippen LogP contribution in [0.1, 0.15) is 19.8 Å². The number of carbonyl (C=O) groups excluding carboxylic acids is 1. The molecular formula is C8H14N2O. The molecule has 0 aromatic heterocycles. The third kappa shape index (κ3) is 1.13. The van der Waals surface area contributed by atoms with Crippen molar-refractivity contribution in [1.82, 2.24) is 4.90 Å². The van der Waals surface area contributed by atoms with Crippen molar-refractivity contribution in [3.05, 3.63) is 0 Å². The van der Waals surface area contributed by atoms with Gasteiger partial charge in [0.2, 0.25) is 5.91 Å². The third-order valence-electron chi connectivity index (χ3n) is 2.66. The van der Waals surface area contributed by atoms with E-state index in [2.05, 4.69) is 6.92 Å². The zero-order valence-electron chi connectivity index (χ0n) is 6.79. The summed E-state index contributed by atoms with van der Waals surface area (Å²) in [6.45, 7) is 2.97. The van der Waals surface area contributed by atoms with E-state index in [4.69, 9.17) is 5.73 Å². The number of carbonyl (C=O) groups is 1. The summed E-state index contributed by atoms with van der Waals surface area (Å²) < 4.78 is 0. The van der Waals surface area contributed by atoms with Crippen molar-refractivity contribution in [2.45, 2.75) is 31.8 Å². The lowest BCUT2D eigenvalue weighted by Gasteiger charge is -2.14. The summed E-state index contributed by atoms with van der Waals surface area (Å²) in [5.74, 6) is 0.969. The molecule has 2 fully saturated rings. The number of nitrogens with zero attached hydrogens (tertiary/aromatic N) is 1. The molecule has 2 N–H and O–H groups in total. The van der Waals surface area contributed by atoms with Crippen molar-refractivity contribution in [3.63, 3.8) is 0 Å². The van der Waals surface area contributed by atoms with Gasteiger partial charge in [0.05, 0.1) is 0 Å². The summed E-state index contributed by atoms with van der Waals surface area (Å²) >= 11 is 0. The van der Waals surface area contributed by atoms with E-state index in [1.165, 1.54) is 6.42 Å². The summed E-state index contributed by atoms with van der Waals surface area (Å²) in [6.07, 6.45) is 1.74. The van der Waals surface area contributed by atoms with Gasteiger partial charge in [0.25, 0.3) is 0 Å². The molecule has 0 bridgehead atoms. The molecule has 1 saturated carbocycles. The smallest absolute Gasteiger partial charge is 0.224 e. The zero-order valence-corrected chi connectivity index (χ0v) is 6.79. The number of likely N-dealkylation sites (tertiary alicyclic amines) is 1. The van der Waals surface area contributed by atoms with Crippen LogP contribution in [-0.4, -0.2) is 29.4 Å². The standard InChI is InChI=1S/C8H14N2O/c1-5-2-7(5)10-4-6(9)3-8(10)11/h5-7H,2-4,9H2,1H3/t5-,6+,7+/m0/s1. The second-order valence-corrected chi connectivity index (χ2v) is 3.79. The van der Waals surface area contributed by atoms with Crippen LogP contribution in [0.5, 0.6) is 0 Å². The summed E-state index contributed by atoms with van der Waals surface area (Å²) in [7, 11) is 0. The minimum atomic E-state index is 0.0929. The highest BCUT2D eigenvalue weighted by atomic mass is 16.2. The van der Waals surface area contributed by atoms with Gasteiger partial charge in [-0.3, -0.25) is 4.79 Å². The Labute approximate surface area is 66.5 Å². The monoisotopic (exact) mass is 154 g/mol. The van der Waals surface area contributed by atoms with Crippen LogP contribution in [0, 0.1) is 5.92 Å². The van der Waals surface area contributed by atoms with Crippen molar-refractivity contribution < 1.29 is 4.79 Å². The molecule has 11 heavy (non-hydrogen) atoms. The SMILES string of the molecule is C[C@H]1C[C@H]1N1C[C@H](N)CC1=O. The Bertz CT molecular complexity index is 193. The average molecular weight is 154 g/mol. The molecule has 0 unspecified atom stereocenters. The van der Waals surface area contributed by atoms with Gasteiger partial charge in [0, 0.05) is 25.0 Å². The highest BCUT2D eigenvalue weighted by molar-refractivity contribution is 5.80. The van der Waals surface area contributed by atoms with Gasteiger partial charge in [-0.05, 0) is 12.3 Å². The van der Waals surface area contributed by atoms with E-state index >= 15 is 0 Å². The van der Waals surface area contributed by atoms with Crippen LogP contribution in [0.25, 0.3) is 0 Å². The number of hydrogen-bond acceptors (Lipinski definition) is 2. The van der Waals surface area contributed by atoms with Crippen molar-refractivity contribution >= 4 is 5.91 Å². The molecule has 1 aliphatic heterocycles. The van der Waals surface area contributed by atoms with Crippen LogP contribution in [0.2, 0.25) is 0 Å². The minimum absolute atomic E-state index is 0.0929. The van der Waals surface area contributed by atoms with Crippen LogP contribution in [0.15, 0.2) is 0 Å². The molecule has 3 nitrogen and oxygen atoms in total. The van der Waals surface area contributed by atoms with Gasteiger partial charge in [-0.25, -0.2) is 0 Å². The van der Waals surface area contributed by atoms with E-state index in [1.807, 2.05) is 4.90 Å². The van der Waals surface area contributed by atoms with Crippen molar-refractivity contribution in [2.75, 3.05) is 6.54 Å². The van der Waals surface area contributed by atoms with Crippen LogP contribution in [0.4, 0.5) is 0 Å². The van der Waals surface area contributed by atoms with Crippen LogP contribution in [-0.2, 0) is 4.79 Å². The predicted molar refractivity (Wildman–Crippen MR) is 41.9 cm³/mol. The first-order valence-corrected chi connectivity index (χ1v) is 4.23. The highest BCUT2D eigenvalue weighted by Gasteiger charge is 2.43. The van der Waals surface area contributed by atoms with Crippen LogP contribution >= 0.6 is 0 Å². The maximum Gasteiger partial charge on any atom is 0.224 e. The fourth-order valence-corrected chi connectivity index (χ4v) is 1.82. The molecule has 62 valence electrons. The van der Waals surface area contributed by atoms with Crippen LogP contribution < -0.4 is 5.73 Å². The first-order chi connectivity index (χ1) is 5.18. The van der Waals surface area contributed by atoms with Gasteiger partial charge < -0.3 is 10.6 Å². The topological polar surface area (TPSA) is 46.3 Å². The zero-order chi connectivity index (χ0) is 8.01. The lowest BCUT2D eigenvalue weighted by atomic mass is 10.3. The lowest BCUT2D eigenvalue weighted by molar-refractivity contribution is -0.128. The van der Waals surface area contributed by atoms with E-state index in [-0.39, 0.29) is 11.9 Å². The number of rotatable bonds is 1. The molecule has 0 radical (unpaired) electrons. The average Bonchev–Trinajstić information content (AvgIpc) is 2.52. The van der Waals surface area contributed by atoms with Gasteiger partial charge in [0.1, 0.15) is 0 Å². The van der Waals surface area contributed by atoms with E-state index in [9.17, 15) is 4.79 Å². The second-order valence-electron chi connectivity index (χ2n) is 3.79. The second kappa shape index (κ2) is 2.21. The van der Waals surface area contributed by atoms with E-state index < -0.39 is 0 Å². The fraction of sp³-hybridized carbons (Fsp3) is 0.875. The van der Waals surface area contributed by atoms with E-state index in [0.29, 0.717) is 18.4 Å². The Morgan fingerprint density at radius 1 is 1.64 bits per heavy atom. The number of nitrogens with two attached hydrogens (primary N) is 1. The molecule has 1 aliphatic carbocycles. The van der Waals surface area contributed by atoms with Crippen molar-refractivity contribution in [1.29, 1.82) is 0 Å². The summed E-state index contributed by atoms with van der Waals surface area (Å²) in [4.78, 5) is 13.2. The van der Waals surface area contributed by atoms with Crippen LogP contribution in [0.3, 0.4) is 0 Å². The molecule has 0 spiro atoms. The Morgan fingerprint density at radius 2 is 2.27 bits per heavy atom. The van der Waals surface area contributed by atoms with Crippen molar-refractivity contribution in [2.24, 2.45) is 11.7 Å². The molecule has 0 aromatic rings. The van der Waals surface area contributed by atoms with Gasteiger partial charge in [-0.15, -0.1) is 0 Å². The molecule has 2 rings (SSSR count). The maximum atomic E-state index is 11.3. The number of hydrogen-bond donors (Lipinski definition) is 1. The minimum Gasteiger partial charge on any atom is -0.338 e. The molecule has 1 heterocycles. The molecule has 3 atom stereocenters. The highest BCUT2D eigenvalue weighted by Crippen LogP contribution is 2.36. The van der Waals surface area contributed by atoms with E-state index in [0.717, 1.165) is 6.54 Å². The first kappa shape index (κ1) is 7.10. The van der Waals surface area contributed by atoms with Gasteiger partial charge >= 0.3 is 0 Å². The van der Waals surface area contributed by atoms with E-state index in [1.54, 1.807) is 0 Å². The quantitative estimate of drug-likeness (QED) is 0.576.